The molecule has 0 spiro atoms. The van der Waals surface area contributed by atoms with Crippen molar-refractivity contribution in [3.63, 3.8) is 0 Å². The van der Waals surface area contributed by atoms with Crippen molar-refractivity contribution >= 4 is 10.9 Å². The Morgan fingerprint density at radius 1 is 1.12 bits per heavy atom. The van der Waals surface area contributed by atoms with Gasteiger partial charge in [0.1, 0.15) is 11.1 Å². The molecule has 2 aromatic rings. The summed E-state index contributed by atoms with van der Waals surface area (Å²) >= 11 is 0. The standard InChI is InChI=1S/C11H12N2O3/c1-6-4-7-10(11(16)12(6)2)8(14)5-9(15)13(7)3/h4-5,14H,1-3H3. The van der Waals surface area contributed by atoms with Crippen molar-refractivity contribution < 1.29 is 5.11 Å². The van der Waals surface area contributed by atoms with Gasteiger partial charge < -0.3 is 14.2 Å². The molecule has 0 aromatic carbocycles. The number of hydrogen-bond donors (Lipinski definition) is 1. The maximum absolute atomic E-state index is 11.9. The molecule has 0 aliphatic carbocycles. The van der Waals surface area contributed by atoms with Crippen molar-refractivity contribution in [2.75, 3.05) is 0 Å². The fourth-order valence-corrected chi connectivity index (χ4v) is 1.71. The Morgan fingerprint density at radius 3 is 2.38 bits per heavy atom. The summed E-state index contributed by atoms with van der Waals surface area (Å²) in [6.45, 7) is 1.77. The van der Waals surface area contributed by atoms with E-state index < -0.39 is 0 Å². The van der Waals surface area contributed by atoms with Gasteiger partial charge in [-0.3, -0.25) is 9.59 Å². The molecule has 0 amide bonds. The van der Waals surface area contributed by atoms with Gasteiger partial charge in [-0.25, -0.2) is 0 Å². The summed E-state index contributed by atoms with van der Waals surface area (Å²) in [7, 11) is 3.20. The zero-order valence-electron chi connectivity index (χ0n) is 9.31. The number of nitrogens with zero attached hydrogens (tertiary/aromatic N) is 2. The summed E-state index contributed by atoms with van der Waals surface area (Å²) in [5.74, 6) is -0.265. The molecule has 16 heavy (non-hydrogen) atoms. The molecule has 0 unspecified atom stereocenters. The Labute approximate surface area is 91.2 Å². The number of aromatic nitrogens is 2. The Morgan fingerprint density at radius 2 is 1.75 bits per heavy atom. The molecule has 2 aromatic heterocycles. The second kappa shape index (κ2) is 3.23. The molecular formula is C11H12N2O3. The van der Waals surface area contributed by atoms with Crippen molar-refractivity contribution in [1.82, 2.24) is 9.13 Å². The van der Waals surface area contributed by atoms with Crippen molar-refractivity contribution in [2.24, 2.45) is 14.1 Å². The van der Waals surface area contributed by atoms with Crippen molar-refractivity contribution in [1.29, 1.82) is 0 Å². The first-order valence-electron chi connectivity index (χ1n) is 4.83. The van der Waals surface area contributed by atoms with E-state index in [1.54, 1.807) is 27.1 Å². The lowest BCUT2D eigenvalue weighted by Crippen LogP contribution is -2.24. The highest BCUT2D eigenvalue weighted by molar-refractivity contribution is 5.84. The Hall–Kier alpha value is -2.04. The summed E-state index contributed by atoms with van der Waals surface area (Å²) < 4.78 is 2.79. The van der Waals surface area contributed by atoms with Crippen molar-refractivity contribution in [2.45, 2.75) is 6.92 Å². The average molecular weight is 220 g/mol. The van der Waals surface area contributed by atoms with Gasteiger partial charge in [0.15, 0.2) is 0 Å². The van der Waals surface area contributed by atoms with E-state index in [-0.39, 0.29) is 22.3 Å². The van der Waals surface area contributed by atoms with Crippen LogP contribution in [0.15, 0.2) is 21.7 Å². The minimum atomic E-state index is -0.336. The molecule has 0 aliphatic heterocycles. The normalized spacial score (nSPS) is 10.9. The van der Waals surface area contributed by atoms with Crippen LogP contribution in [0.3, 0.4) is 0 Å². The molecule has 0 atom stereocenters. The third kappa shape index (κ3) is 1.25. The minimum absolute atomic E-state index is 0.176. The average Bonchev–Trinajstić information content (AvgIpc) is 2.22. The van der Waals surface area contributed by atoms with Crippen LogP contribution < -0.4 is 11.1 Å². The number of fused-ring (bicyclic) bond motifs is 1. The van der Waals surface area contributed by atoms with Crippen LogP contribution in [0.4, 0.5) is 0 Å². The van der Waals surface area contributed by atoms with E-state index in [4.69, 9.17) is 0 Å². The fraction of sp³-hybridized carbons (Fsp3) is 0.273. The van der Waals surface area contributed by atoms with Crippen LogP contribution in [-0.4, -0.2) is 14.2 Å². The first kappa shape index (κ1) is 10.5. The van der Waals surface area contributed by atoms with Crippen LogP contribution in [0.2, 0.25) is 0 Å². The molecule has 0 saturated heterocycles. The summed E-state index contributed by atoms with van der Waals surface area (Å²) in [6, 6.07) is 2.76. The van der Waals surface area contributed by atoms with Gasteiger partial charge >= 0.3 is 0 Å². The zero-order chi connectivity index (χ0) is 12.0. The summed E-state index contributed by atoms with van der Waals surface area (Å²) in [4.78, 5) is 23.4. The second-order valence-electron chi connectivity index (χ2n) is 3.84. The summed E-state index contributed by atoms with van der Waals surface area (Å²) in [5, 5.41) is 9.82. The molecule has 0 fully saturated rings. The van der Waals surface area contributed by atoms with Gasteiger partial charge in [-0.1, -0.05) is 0 Å². The number of pyridine rings is 2. The lowest BCUT2D eigenvalue weighted by Gasteiger charge is -2.10. The van der Waals surface area contributed by atoms with E-state index in [0.717, 1.165) is 11.8 Å². The van der Waals surface area contributed by atoms with E-state index in [1.165, 1.54) is 9.13 Å². The first-order valence-corrected chi connectivity index (χ1v) is 4.83. The predicted molar refractivity (Wildman–Crippen MR) is 60.8 cm³/mol. The Kier molecular flexibility index (Phi) is 2.11. The third-order valence-electron chi connectivity index (χ3n) is 2.86. The molecule has 5 heteroatoms. The van der Waals surface area contributed by atoms with Gasteiger partial charge in [-0.2, -0.15) is 0 Å². The van der Waals surface area contributed by atoms with Gasteiger partial charge in [0.05, 0.1) is 5.52 Å². The summed E-state index contributed by atoms with van der Waals surface area (Å²) in [6.07, 6.45) is 0. The van der Waals surface area contributed by atoms with Crippen LogP contribution in [0.1, 0.15) is 5.69 Å². The molecule has 5 nitrogen and oxygen atoms in total. The maximum Gasteiger partial charge on any atom is 0.263 e. The third-order valence-corrected chi connectivity index (χ3v) is 2.86. The summed E-state index contributed by atoms with van der Waals surface area (Å²) in [5.41, 5.74) is 0.546. The van der Waals surface area contributed by atoms with Crippen molar-refractivity contribution in [3.05, 3.63) is 38.5 Å². The van der Waals surface area contributed by atoms with E-state index in [9.17, 15) is 14.7 Å². The molecule has 0 saturated carbocycles. The van der Waals surface area contributed by atoms with Crippen LogP contribution in [0.25, 0.3) is 10.9 Å². The van der Waals surface area contributed by atoms with Crippen LogP contribution >= 0.6 is 0 Å². The Balaban J connectivity index is 3.20. The lowest BCUT2D eigenvalue weighted by molar-refractivity contribution is 0.478. The van der Waals surface area contributed by atoms with E-state index in [1.807, 2.05) is 0 Å². The fourth-order valence-electron chi connectivity index (χ4n) is 1.71. The van der Waals surface area contributed by atoms with Crippen LogP contribution in [-0.2, 0) is 14.1 Å². The Bertz CT molecular complexity index is 695. The van der Waals surface area contributed by atoms with Crippen LogP contribution in [0, 0.1) is 6.92 Å². The second-order valence-corrected chi connectivity index (χ2v) is 3.84. The smallest absolute Gasteiger partial charge is 0.263 e. The van der Waals surface area contributed by atoms with Crippen LogP contribution in [0.5, 0.6) is 5.75 Å². The van der Waals surface area contributed by atoms with E-state index >= 15 is 0 Å². The number of hydrogen-bond acceptors (Lipinski definition) is 3. The first-order chi connectivity index (χ1) is 7.43. The molecule has 0 aliphatic rings. The minimum Gasteiger partial charge on any atom is -0.507 e. The number of rotatable bonds is 0. The van der Waals surface area contributed by atoms with Gasteiger partial charge in [-0.05, 0) is 13.0 Å². The van der Waals surface area contributed by atoms with Gasteiger partial charge in [0.2, 0.25) is 0 Å². The van der Waals surface area contributed by atoms with Gasteiger partial charge in [0, 0.05) is 25.9 Å². The highest BCUT2D eigenvalue weighted by Crippen LogP contribution is 2.18. The molecule has 84 valence electrons. The predicted octanol–water partition coefficient (Wildman–Crippen LogP) is 0.251. The highest BCUT2D eigenvalue weighted by Gasteiger charge is 2.11. The maximum atomic E-state index is 11.9. The quantitative estimate of drug-likeness (QED) is 0.692. The molecule has 2 heterocycles. The molecule has 1 N–H and O–H groups in total. The van der Waals surface area contributed by atoms with Crippen molar-refractivity contribution in [3.8, 4) is 5.75 Å². The number of aryl methyl sites for hydroxylation is 2. The molecule has 0 bridgehead atoms. The molecule has 2 rings (SSSR count). The molecular weight excluding hydrogens is 208 g/mol. The van der Waals surface area contributed by atoms with E-state index in [0.29, 0.717) is 5.52 Å². The van der Waals surface area contributed by atoms with Gasteiger partial charge in [0.25, 0.3) is 11.1 Å². The zero-order valence-corrected chi connectivity index (χ0v) is 9.31. The molecule has 0 radical (unpaired) electrons. The SMILES string of the molecule is Cc1cc2c(c(O)cc(=O)n2C)c(=O)n1C. The number of aromatic hydroxyl groups is 1. The monoisotopic (exact) mass is 220 g/mol. The largest absolute Gasteiger partial charge is 0.507 e. The highest BCUT2D eigenvalue weighted by atomic mass is 16.3. The topological polar surface area (TPSA) is 64.2 Å². The van der Waals surface area contributed by atoms with Gasteiger partial charge in [-0.15, -0.1) is 0 Å². The lowest BCUT2D eigenvalue weighted by atomic mass is 10.2. The van der Waals surface area contributed by atoms with E-state index in [2.05, 4.69) is 0 Å².